The Kier molecular flexibility index (Phi) is 3.26. The van der Waals surface area contributed by atoms with Gasteiger partial charge in [0.05, 0.1) is 6.20 Å². The van der Waals surface area contributed by atoms with E-state index in [9.17, 15) is 0 Å². The van der Waals surface area contributed by atoms with Crippen LogP contribution >= 0.6 is 0 Å². The Morgan fingerprint density at radius 2 is 2.00 bits per heavy atom. The lowest BCUT2D eigenvalue weighted by Crippen LogP contribution is -2.24. The van der Waals surface area contributed by atoms with Gasteiger partial charge in [0.25, 0.3) is 0 Å². The molecule has 6 heteroatoms. The minimum absolute atomic E-state index is 0.152. The van der Waals surface area contributed by atoms with Crippen LogP contribution in [-0.2, 0) is 12.0 Å². The molecule has 0 bridgehead atoms. The van der Waals surface area contributed by atoms with E-state index < -0.39 is 0 Å². The average Bonchev–Trinajstić information content (AvgIpc) is 2.86. The molecule has 6 nitrogen and oxygen atoms in total. The Hall–Kier alpha value is -1.98. The number of hydrogen-bond acceptors (Lipinski definition) is 4. The van der Waals surface area contributed by atoms with Crippen LogP contribution < -0.4 is 11.6 Å². The summed E-state index contributed by atoms with van der Waals surface area (Å²) < 4.78 is 3.35. The van der Waals surface area contributed by atoms with Gasteiger partial charge in [-0.2, -0.15) is 5.10 Å². The molecule has 0 aliphatic carbocycles. The minimum atomic E-state index is -0.152. The molecule has 2 rings (SSSR count). The van der Waals surface area contributed by atoms with Gasteiger partial charge in [0.2, 0.25) is 0 Å². The van der Waals surface area contributed by atoms with Crippen molar-refractivity contribution in [2.24, 2.45) is 0 Å². The van der Waals surface area contributed by atoms with Crippen molar-refractivity contribution in [1.82, 2.24) is 19.4 Å². The van der Waals surface area contributed by atoms with Crippen LogP contribution in [0, 0.1) is 0 Å². The third-order valence-corrected chi connectivity index (χ3v) is 2.98. The Bertz CT molecular complexity index is 572. The molecule has 0 aliphatic rings. The Balaban J connectivity index is 2.45. The average molecular weight is 262 g/mol. The zero-order chi connectivity index (χ0) is 14.2. The molecule has 2 aromatic heterocycles. The van der Waals surface area contributed by atoms with E-state index in [0.717, 1.165) is 24.4 Å². The zero-order valence-corrected chi connectivity index (χ0v) is 12.0. The van der Waals surface area contributed by atoms with Gasteiger partial charge in [-0.25, -0.2) is 9.66 Å². The van der Waals surface area contributed by atoms with Crippen LogP contribution in [0.4, 0.5) is 5.82 Å². The van der Waals surface area contributed by atoms with Crippen LogP contribution in [0.25, 0.3) is 11.3 Å². The van der Waals surface area contributed by atoms with Gasteiger partial charge in [-0.3, -0.25) is 4.68 Å². The highest BCUT2D eigenvalue weighted by Crippen LogP contribution is 2.29. The summed E-state index contributed by atoms with van der Waals surface area (Å²) in [5, 5.41) is 4.30. The number of nitrogens with two attached hydrogens (primary N) is 2. The van der Waals surface area contributed by atoms with Crippen LogP contribution in [0.3, 0.4) is 0 Å². The molecule has 0 spiro atoms. The van der Waals surface area contributed by atoms with Crippen LogP contribution in [0.15, 0.2) is 12.4 Å². The molecular formula is C13H22N6. The predicted molar refractivity (Wildman–Crippen MR) is 77.0 cm³/mol. The normalized spacial score (nSPS) is 12.0. The molecule has 0 radical (unpaired) electrons. The highest BCUT2D eigenvalue weighted by molar-refractivity contribution is 5.70. The Morgan fingerprint density at radius 1 is 1.32 bits per heavy atom. The molecule has 0 atom stereocenters. The molecule has 0 aliphatic heterocycles. The summed E-state index contributed by atoms with van der Waals surface area (Å²) in [4.78, 5) is 4.58. The van der Waals surface area contributed by atoms with Crippen LogP contribution in [0.5, 0.6) is 0 Å². The smallest absolute Gasteiger partial charge is 0.150 e. The van der Waals surface area contributed by atoms with Crippen LogP contribution in [0.2, 0.25) is 0 Å². The topological polar surface area (TPSA) is 87.7 Å². The van der Waals surface area contributed by atoms with E-state index >= 15 is 0 Å². The molecule has 0 saturated carbocycles. The van der Waals surface area contributed by atoms with E-state index in [1.54, 1.807) is 6.20 Å². The Morgan fingerprint density at radius 3 is 2.53 bits per heavy atom. The van der Waals surface area contributed by atoms with E-state index in [1.807, 2.05) is 10.9 Å². The van der Waals surface area contributed by atoms with Gasteiger partial charge in [-0.15, -0.1) is 0 Å². The van der Waals surface area contributed by atoms with Gasteiger partial charge in [0.1, 0.15) is 11.5 Å². The second-order valence-electron chi connectivity index (χ2n) is 5.78. The van der Waals surface area contributed by atoms with E-state index in [0.29, 0.717) is 11.5 Å². The van der Waals surface area contributed by atoms with Gasteiger partial charge in [0.15, 0.2) is 5.82 Å². The SMILES string of the molecule is CCCn1cc(-c2nc(C(C)(C)C)n(N)c2N)cn1. The second kappa shape index (κ2) is 4.60. The van der Waals surface area contributed by atoms with Crippen molar-refractivity contribution in [2.45, 2.75) is 46.1 Å². The molecule has 104 valence electrons. The molecular weight excluding hydrogens is 240 g/mol. The first kappa shape index (κ1) is 13.5. The highest BCUT2D eigenvalue weighted by atomic mass is 15.4. The first-order valence-electron chi connectivity index (χ1n) is 6.51. The van der Waals surface area contributed by atoms with Crippen molar-refractivity contribution in [1.29, 1.82) is 0 Å². The molecule has 2 heterocycles. The largest absolute Gasteiger partial charge is 0.382 e. The third-order valence-electron chi connectivity index (χ3n) is 2.98. The molecule has 4 N–H and O–H groups in total. The summed E-state index contributed by atoms with van der Waals surface area (Å²) in [6, 6.07) is 0. The fourth-order valence-corrected chi connectivity index (χ4v) is 2.02. The highest BCUT2D eigenvalue weighted by Gasteiger charge is 2.24. The van der Waals surface area contributed by atoms with E-state index in [1.165, 1.54) is 4.68 Å². The minimum Gasteiger partial charge on any atom is -0.382 e. The van der Waals surface area contributed by atoms with Crippen molar-refractivity contribution in [3.05, 3.63) is 18.2 Å². The van der Waals surface area contributed by atoms with Crippen molar-refractivity contribution in [2.75, 3.05) is 11.6 Å². The predicted octanol–water partition coefficient (Wildman–Crippen LogP) is 1.75. The summed E-state index contributed by atoms with van der Waals surface area (Å²) in [6.07, 6.45) is 4.77. The number of nitrogens with zero attached hydrogens (tertiary/aromatic N) is 4. The summed E-state index contributed by atoms with van der Waals surface area (Å²) in [5.41, 5.74) is 7.51. The fraction of sp³-hybridized carbons (Fsp3) is 0.538. The maximum Gasteiger partial charge on any atom is 0.150 e. The number of hydrogen-bond donors (Lipinski definition) is 2. The summed E-state index contributed by atoms with van der Waals surface area (Å²) >= 11 is 0. The van der Waals surface area contributed by atoms with Crippen molar-refractivity contribution >= 4 is 5.82 Å². The van der Waals surface area contributed by atoms with Crippen molar-refractivity contribution in [3.63, 3.8) is 0 Å². The van der Waals surface area contributed by atoms with Gasteiger partial charge in [-0.05, 0) is 6.42 Å². The lowest BCUT2D eigenvalue weighted by Gasteiger charge is -2.17. The monoisotopic (exact) mass is 262 g/mol. The zero-order valence-electron chi connectivity index (χ0n) is 12.0. The van der Waals surface area contributed by atoms with Crippen LogP contribution in [-0.4, -0.2) is 19.4 Å². The Labute approximate surface area is 113 Å². The first-order valence-corrected chi connectivity index (χ1v) is 6.51. The van der Waals surface area contributed by atoms with Gasteiger partial charge >= 0.3 is 0 Å². The van der Waals surface area contributed by atoms with E-state index in [-0.39, 0.29) is 5.41 Å². The van der Waals surface area contributed by atoms with E-state index in [2.05, 4.69) is 37.8 Å². The summed E-state index contributed by atoms with van der Waals surface area (Å²) in [6.45, 7) is 9.17. The van der Waals surface area contributed by atoms with Crippen molar-refractivity contribution in [3.8, 4) is 11.3 Å². The maximum atomic E-state index is 6.05. The first-order chi connectivity index (χ1) is 8.84. The molecule has 19 heavy (non-hydrogen) atoms. The number of nitrogen functional groups attached to an aromatic ring is 2. The van der Waals surface area contributed by atoms with Crippen molar-refractivity contribution < 1.29 is 0 Å². The number of anilines is 1. The number of aryl methyl sites for hydroxylation is 1. The molecule has 0 unspecified atom stereocenters. The lowest BCUT2D eigenvalue weighted by molar-refractivity contribution is 0.532. The molecule has 0 saturated heterocycles. The third kappa shape index (κ3) is 2.43. The molecule has 0 amide bonds. The quantitative estimate of drug-likeness (QED) is 0.825. The second-order valence-corrected chi connectivity index (χ2v) is 5.78. The maximum absolute atomic E-state index is 6.05. The van der Waals surface area contributed by atoms with E-state index in [4.69, 9.17) is 11.6 Å². The number of rotatable bonds is 3. The standard InChI is InChI=1S/C13H22N6/c1-5-6-18-8-9(7-16-18)10-11(14)19(15)12(17-10)13(2,3)4/h7-8H,5-6,14-15H2,1-4H3. The molecule has 2 aromatic rings. The number of aromatic nitrogens is 4. The molecule has 0 fully saturated rings. The fourth-order valence-electron chi connectivity index (χ4n) is 2.02. The lowest BCUT2D eigenvalue weighted by atomic mass is 9.96. The summed E-state index contributed by atoms with van der Waals surface area (Å²) in [7, 11) is 0. The van der Waals surface area contributed by atoms with Crippen LogP contribution in [0.1, 0.15) is 39.9 Å². The number of imidazole rings is 1. The summed E-state index contributed by atoms with van der Waals surface area (Å²) in [5.74, 6) is 7.23. The molecule has 0 aromatic carbocycles. The van der Waals surface area contributed by atoms with Gasteiger partial charge < -0.3 is 11.6 Å². The van der Waals surface area contributed by atoms with Gasteiger partial charge in [-0.1, -0.05) is 27.7 Å². The van der Waals surface area contributed by atoms with Gasteiger partial charge in [0, 0.05) is 23.7 Å².